The molecule has 7 nitrogen and oxygen atoms in total. The number of imidazole rings is 1. The molecule has 0 amide bonds. The Labute approximate surface area is 195 Å². The molecule has 0 saturated heterocycles. The first-order valence-corrected chi connectivity index (χ1v) is 10.9. The maximum absolute atomic E-state index is 13.5. The Bertz CT molecular complexity index is 1310. The van der Waals surface area contributed by atoms with Crippen molar-refractivity contribution >= 4 is 23.2 Å². The lowest BCUT2D eigenvalue weighted by Gasteiger charge is -2.14. The molecule has 0 spiro atoms. The molecule has 0 bridgehead atoms. The highest BCUT2D eigenvalue weighted by atomic mass is 35.5. The van der Waals surface area contributed by atoms with E-state index in [1.165, 1.54) is 12.1 Å². The van der Waals surface area contributed by atoms with Crippen LogP contribution in [0.15, 0.2) is 67.1 Å². The highest BCUT2D eigenvalue weighted by Crippen LogP contribution is 2.35. The number of nitrogens with one attached hydrogen (secondary N) is 1. The lowest BCUT2D eigenvalue weighted by molar-refractivity contribution is 0.413. The number of hydrogen-bond acceptors (Lipinski definition) is 5. The average Bonchev–Trinajstić information content (AvgIpc) is 3.39. The van der Waals surface area contributed by atoms with Crippen LogP contribution in [0.5, 0.6) is 5.75 Å². The molecule has 0 saturated carbocycles. The van der Waals surface area contributed by atoms with Gasteiger partial charge in [-0.05, 0) is 42.7 Å². The molecule has 0 unspecified atom stereocenters. The number of nitrogens with zero attached hydrogens (tertiary/aromatic N) is 5. The molecule has 2 aromatic carbocycles. The number of methoxy groups -OCH3 is 1. The number of halogens is 2. The summed E-state index contributed by atoms with van der Waals surface area (Å²) in [7, 11) is 1.61. The zero-order valence-electron chi connectivity index (χ0n) is 18.0. The van der Waals surface area contributed by atoms with Crippen molar-refractivity contribution in [3.05, 3.63) is 89.5 Å². The number of aryl methyl sites for hydroxylation is 1. The predicted molar refractivity (Wildman–Crippen MR) is 125 cm³/mol. The molecule has 5 rings (SSSR count). The van der Waals surface area contributed by atoms with Crippen molar-refractivity contribution < 1.29 is 9.13 Å². The van der Waals surface area contributed by atoms with Gasteiger partial charge < -0.3 is 14.6 Å². The minimum atomic E-state index is -0.259. The zero-order chi connectivity index (χ0) is 22.9. The van der Waals surface area contributed by atoms with Gasteiger partial charge in [-0.15, -0.1) is 5.10 Å². The SMILES string of the molecule is C=C1CCn2nc(Nc3ccc(-n4cnc(Cl)c4)c(OC)c3)nc2[C@@H](c2ccc(F)cc2)C1. The maximum atomic E-state index is 13.5. The van der Waals surface area contributed by atoms with Crippen LogP contribution in [-0.4, -0.2) is 31.4 Å². The quantitative estimate of drug-likeness (QED) is 0.395. The fraction of sp³-hybridized carbons (Fsp3) is 0.208. The third-order valence-corrected chi connectivity index (χ3v) is 5.91. The molecule has 168 valence electrons. The van der Waals surface area contributed by atoms with Crippen molar-refractivity contribution in [1.82, 2.24) is 24.3 Å². The standard InChI is InChI=1S/C24H22ClFN6O/c1-15-9-10-32-23(19(11-15)16-3-5-17(26)6-4-16)29-24(30-32)28-18-7-8-20(21(12-18)33-2)31-13-22(25)27-14-31/h3-8,12-14,19H,1,9-11H2,2H3,(H,28,30)/t19-/m1/s1. The van der Waals surface area contributed by atoms with Gasteiger partial charge in [-0.25, -0.2) is 14.1 Å². The molecule has 4 aromatic rings. The first-order chi connectivity index (χ1) is 16.0. The topological polar surface area (TPSA) is 69.8 Å². The Kier molecular flexibility index (Phi) is 5.60. The van der Waals surface area contributed by atoms with Crippen LogP contribution in [-0.2, 0) is 6.54 Å². The van der Waals surface area contributed by atoms with E-state index in [9.17, 15) is 4.39 Å². The summed E-state index contributed by atoms with van der Waals surface area (Å²) in [4.78, 5) is 8.85. The Morgan fingerprint density at radius 2 is 2.03 bits per heavy atom. The highest BCUT2D eigenvalue weighted by molar-refractivity contribution is 6.29. The summed E-state index contributed by atoms with van der Waals surface area (Å²) < 4.78 is 22.7. The fourth-order valence-corrected chi connectivity index (χ4v) is 4.21. The van der Waals surface area contributed by atoms with Crippen LogP contribution < -0.4 is 10.1 Å². The van der Waals surface area contributed by atoms with Gasteiger partial charge in [0.15, 0.2) is 0 Å². The van der Waals surface area contributed by atoms with Crippen molar-refractivity contribution in [3.63, 3.8) is 0 Å². The highest BCUT2D eigenvalue weighted by Gasteiger charge is 2.26. The van der Waals surface area contributed by atoms with Crippen LogP contribution in [0.3, 0.4) is 0 Å². The predicted octanol–water partition coefficient (Wildman–Crippen LogP) is 5.49. The Morgan fingerprint density at radius 3 is 2.76 bits per heavy atom. The lowest BCUT2D eigenvalue weighted by atomic mass is 9.92. The van der Waals surface area contributed by atoms with Gasteiger partial charge in [-0.1, -0.05) is 35.9 Å². The Morgan fingerprint density at radius 1 is 1.21 bits per heavy atom. The van der Waals surface area contributed by atoms with Crippen molar-refractivity contribution in [2.45, 2.75) is 25.3 Å². The molecular formula is C24H22ClFN6O. The summed E-state index contributed by atoms with van der Waals surface area (Å²) in [6.07, 6.45) is 4.91. The molecule has 1 aliphatic heterocycles. The van der Waals surface area contributed by atoms with E-state index in [4.69, 9.17) is 21.3 Å². The Hall–Kier alpha value is -3.65. The fourth-order valence-electron chi connectivity index (χ4n) is 4.07. The average molecular weight is 465 g/mol. The second kappa shape index (κ2) is 8.71. The third-order valence-electron chi connectivity index (χ3n) is 5.72. The van der Waals surface area contributed by atoms with Gasteiger partial charge in [0.05, 0.1) is 12.8 Å². The van der Waals surface area contributed by atoms with Gasteiger partial charge in [-0.3, -0.25) is 0 Å². The van der Waals surface area contributed by atoms with Gasteiger partial charge in [0.1, 0.15) is 28.9 Å². The number of aromatic nitrogens is 5. The molecular weight excluding hydrogens is 443 g/mol. The third kappa shape index (κ3) is 4.34. The molecule has 33 heavy (non-hydrogen) atoms. The van der Waals surface area contributed by atoms with Crippen LogP contribution in [0.1, 0.15) is 30.1 Å². The molecule has 1 N–H and O–H groups in total. The number of benzene rings is 2. The first kappa shape index (κ1) is 21.2. The summed E-state index contributed by atoms with van der Waals surface area (Å²) in [6, 6.07) is 12.2. The summed E-state index contributed by atoms with van der Waals surface area (Å²) in [5.41, 5.74) is 3.71. The maximum Gasteiger partial charge on any atom is 0.246 e. The van der Waals surface area contributed by atoms with Gasteiger partial charge in [0, 0.05) is 30.4 Å². The van der Waals surface area contributed by atoms with E-state index in [2.05, 4.69) is 22.0 Å². The monoisotopic (exact) mass is 464 g/mol. The summed E-state index contributed by atoms with van der Waals surface area (Å²) >= 11 is 5.95. The molecule has 0 fully saturated rings. The van der Waals surface area contributed by atoms with E-state index in [0.29, 0.717) is 23.4 Å². The minimum absolute atomic E-state index is 0.0356. The number of hydrogen-bond donors (Lipinski definition) is 1. The molecule has 0 radical (unpaired) electrons. The van der Waals surface area contributed by atoms with Crippen LogP contribution >= 0.6 is 11.6 Å². The Balaban J connectivity index is 1.45. The van der Waals surface area contributed by atoms with Crippen molar-refractivity contribution in [3.8, 4) is 11.4 Å². The zero-order valence-corrected chi connectivity index (χ0v) is 18.8. The van der Waals surface area contributed by atoms with E-state index in [0.717, 1.165) is 41.2 Å². The summed E-state index contributed by atoms with van der Waals surface area (Å²) in [6.45, 7) is 4.89. The lowest BCUT2D eigenvalue weighted by Crippen LogP contribution is -2.08. The number of fused-ring (bicyclic) bond motifs is 1. The van der Waals surface area contributed by atoms with Gasteiger partial charge in [-0.2, -0.15) is 4.98 Å². The van der Waals surface area contributed by atoms with Crippen molar-refractivity contribution in [1.29, 1.82) is 0 Å². The molecule has 1 aliphatic rings. The minimum Gasteiger partial charge on any atom is -0.494 e. The van der Waals surface area contributed by atoms with Crippen LogP contribution in [0.4, 0.5) is 16.0 Å². The van der Waals surface area contributed by atoms with E-state index in [1.54, 1.807) is 36.3 Å². The molecule has 9 heteroatoms. The van der Waals surface area contributed by atoms with E-state index in [-0.39, 0.29) is 11.7 Å². The van der Waals surface area contributed by atoms with E-state index < -0.39 is 0 Å². The molecule has 0 aliphatic carbocycles. The summed E-state index contributed by atoms with van der Waals surface area (Å²) in [5.74, 6) is 1.68. The van der Waals surface area contributed by atoms with Crippen molar-refractivity contribution in [2.24, 2.45) is 0 Å². The second-order valence-electron chi connectivity index (χ2n) is 7.94. The largest absolute Gasteiger partial charge is 0.494 e. The normalized spacial score (nSPS) is 15.7. The first-order valence-electron chi connectivity index (χ1n) is 10.5. The van der Waals surface area contributed by atoms with E-state index >= 15 is 0 Å². The molecule has 1 atom stereocenters. The number of rotatable bonds is 5. The smallest absolute Gasteiger partial charge is 0.246 e. The van der Waals surface area contributed by atoms with Crippen LogP contribution in [0.2, 0.25) is 5.15 Å². The van der Waals surface area contributed by atoms with Gasteiger partial charge in [0.25, 0.3) is 0 Å². The number of anilines is 2. The van der Waals surface area contributed by atoms with Crippen LogP contribution in [0, 0.1) is 5.82 Å². The van der Waals surface area contributed by atoms with E-state index in [1.807, 2.05) is 22.9 Å². The van der Waals surface area contributed by atoms with Crippen molar-refractivity contribution in [2.75, 3.05) is 12.4 Å². The van der Waals surface area contributed by atoms with Crippen LogP contribution in [0.25, 0.3) is 5.69 Å². The van der Waals surface area contributed by atoms with Gasteiger partial charge >= 0.3 is 0 Å². The number of allylic oxidation sites excluding steroid dienone is 1. The molecule has 3 heterocycles. The number of ether oxygens (including phenoxy) is 1. The second-order valence-corrected chi connectivity index (χ2v) is 8.33. The van der Waals surface area contributed by atoms with Gasteiger partial charge in [0.2, 0.25) is 5.95 Å². The molecule has 2 aromatic heterocycles. The summed E-state index contributed by atoms with van der Waals surface area (Å²) in [5, 5.41) is 8.36.